The summed E-state index contributed by atoms with van der Waals surface area (Å²) in [5.74, 6) is -0.682. The number of amides is 1. The summed E-state index contributed by atoms with van der Waals surface area (Å²) in [6.07, 6.45) is 1.02. The molecule has 0 bridgehead atoms. The van der Waals surface area contributed by atoms with Crippen LogP contribution in [0, 0.1) is 11.3 Å². The fraction of sp³-hybridized carbons (Fsp3) is 0.389. The number of hydrogen-bond acceptors (Lipinski definition) is 8. The smallest absolute Gasteiger partial charge is 0.319 e. The lowest BCUT2D eigenvalue weighted by molar-refractivity contribution is -0.131. The topological polar surface area (TPSA) is 94.8 Å². The second-order valence-corrected chi connectivity index (χ2v) is 13.1. The van der Waals surface area contributed by atoms with Crippen LogP contribution >= 0.6 is 11.6 Å². The minimum absolute atomic E-state index is 0.000894. The molecule has 12 heteroatoms. The molecule has 3 aliphatic heterocycles. The van der Waals surface area contributed by atoms with E-state index in [1.165, 1.54) is 4.90 Å². The number of likely N-dealkylation sites (N-methyl/N-ethyl adjacent to an activating group) is 1. The van der Waals surface area contributed by atoms with Crippen LogP contribution in [-0.4, -0.2) is 90.4 Å². The van der Waals surface area contributed by atoms with E-state index in [0.29, 0.717) is 53.6 Å². The predicted molar refractivity (Wildman–Crippen MR) is 181 cm³/mol. The average molecular weight is 673 g/mol. The molecule has 1 aromatic heterocycles. The Morgan fingerprint density at radius 3 is 2.71 bits per heavy atom. The van der Waals surface area contributed by atoms with Gasteiger partial charge in [-0.1, -0.05) is 48.5 Å². The minimum Gasteiger partial charge on any atom is -0.492 e. The Morgan fingerprint density at radius 2 is 1.96 bits per heavy atom. The maximum atomic E-state index is 14.2. The van der Waals surface area contributed by atoms with E-state index in [-0.39, 0.29) is 38.2 Å². The summed E-state index contributed by atoms with van der Waals surface area (Å²) < 4.78 is 40.8. The van der Waals surface area contributed by atoms with Gasteiger partial charge in [-0.3, -0.25) is 9.69 Å². The van der Waals surface area contributed by atoms with Crippen LogP contribution in [-0.2, 0) is 11.2 Å². The number of carbonyl (C=O) groups excluding carboxylic acids is 1. The monoisotopic (exact) mass is 672 g/mol. The zero-order valence-electron chi connectivity index (χ0n) is 26.6. The van der Waals surface area contributed by atoms with Crippen LogP contribution in [0.3, 0.4) is 0 Å². The van der Waals surface area contributed by atoms with Crippen molar-refractivity contribution in [2.45, 2.75) is 43.9 Å². The molecule has 3 aliphatic rings. The number of alkyl halides is 1. The van der Waals surface area contributed by atoms with Gasteiger partial charge >= 0.3 is 6.01 Å². The number of hydrogen-bond donors (Lipinski definition) is 0. The van der Waals surface area contributed by atoms with E-state index in [0.717, 1.165) is 40.3 Å². The van der Waals surface area contributed by atoms with Gasteiger partial charge in [0.05, 0.1) is 36.0 Å². The summed E-state index contributed by atoms with van der Waals surface area (Å²) in [6, 6.07) is 15.5. The van der Waals surface area contributed by atoms with Gasteiger partial charge in [0.25, 0.3) is 5.91 Å². The van der Waals surface area contributed by atoms with E-state index in [9.17, 15) is 18.8 Å². The minimum atomic E-state index is -1.06. The molecule has 0 unspecified atom stereocenters. The molecule has 9 nitrogen and oxygen atoms in total. The number of likely N-dealkylation sites (tertiary alicyclic amines) is 1. The highest BCUT2D eigenvalue weighted by Crippen LogP contribution is 2.46. The first-order valence-corrected chi connectivity index (χ1v) is 16.5. The Morgan fingerprint density at radius 1 is 1.15 bits per heavy atom. The van der Waals surface area contributed by atoms with E-state index in [1.807, 2.05) is 53.2 Å². The number of piperazine rings is 1. The fourth-order valence-electron chi connectivity index (χ4n) is 7.28. The molecule has 0 N–H and O–H groups in total. The summed E-state index contributed by atoms with van der Waals surface area (Å²) in [4.78, 5) is 27.7. The van der Waals surface area contributed by atoms with Gasteiger partial charge in [-0.05, 0) is 55.0 Å². The van der Waals surface area contributed by atoms with Gasteiger partial charge in [0.15, 0.2) is 5.83 Å². The number of rotatable bonds is 7. The first-order chi connectivity index (χ1) is 23.2. The first kappa shape index (κ1) is 32.0. The van der Waals surface area contributed by atoms with E-state index in [4.69, 9.17) is 31.0 Å². The maximum Gasteiger partial charge on any atom is 0.319 e. The highest BCUT2D eigenvalue weighted by atomic mass is 35.5. The van der Waals surface area contributed by atoms with E-state index in [1.54, 1.807) is 0 Å². The summed E-state index contributed by atoms with van der Waals surface area (Å²) in [5, 5.41) is 12.9. The number of fused-ring (bicyclic) bond motifs is 4. The van der Waals surface area contributed by atoms with Crippen LogP contribution in [0.4, 0.5) is 14.6 Å². The highest BCUT2D eigenvalue weighted by Gasteiger charge is 2.35. The molecule has 0 radical (unpaired) electrons. The number of halogens is 3. The number of benzene rings is 3. The molecule has 2 fully saturated rings. The van der Waals surface area contributed by atoms with E-state index >= 15 is 0 Å². The molecule has 4 aromatic rings. The first-order valence-electron chi connectivity index (χ1n) is 16.2. The van der Waals surface area contributed by atoms with E-state index in [2.05, 4.69) is 18.7 Å². The number of nitrogens with zero attached hydrogens (tertiary/aromatic N) is 6. The Balaban J connectivity index is 1.39. The molecule has 0 spiro atoms. The molecule has 0 saturated carbocycles. The normalized spacial score (nSPS) is 21.2. The van der Waals surface area contributed by atoms with Crippen molar-refractivity contribution < 1.29 is 23.0 Å². The lowest BCUT2D eigenvalue weighted by atomic mass is 9.89. The molecule has 248 valence electrons. The van der Waals surface area contributed by atoms with Crippen molar-refractivity contribution in [1.82, 2.24) is 19.8 Å². The number of anilines is 1. The molecule has 1 amide bonds. The third kappa shape index (κ3) is 5.88. The van der Waals surface area contributed by atoms with Gasteiger partial charge in [0.1, 0.15) is 24.3 Å². The van der Waals surface area contributed by atoms with Crippen molar-refractivity contribution in [2.75, 3.05) is 51.3 Å². The predicted octanol–water partition coefficient (Wildman–Crippen LogP) is 6.26. The summed E-state index contributed by atoms with van der Waals surface area (Å²) in [6.45, 7) is 4.94. The van der Waals surface area contributed by atoms with Crippen LogP contribution in [0.5, 0.6) is 11.8 Å². The second-order valence-electron chi connectivity index (χ2n) is 12.7. The number of nitriles is 1. The molecule has 3 aromatic carbocycles. The zero-order chi connectivity index (χ0) is 33.5. The Labute approximate surface area is 282 Å². The quantitative estimate of drug-likeness (QED) is 0.212. The highest BCUT2D eigenvalue weighted by molar-refractivity contribution is 6.36. The molecule has 4 heterocycles. The van der Waals surface area contributed by atoms with E-state index < -0.39 is 23.9 Å². The zero-order valence-corrected chi connectivity index (χ0v) is 27.3. The standard InChI is InChI=1S/C36H35ClF2N6O3/c1-21(38)35(46)45-14-13-44(19-24(45)11-12-40)34-32-30(41-36(42-34)48-20-25-16-23(39)18-43(25)2)17-28(27-9-5-15-47-33(27)32)26-8-3-6-22-7-4-10-29(37)31(22)26/h3-4,6-8,10,17,23-25H,1,5,9,11,13-16,18-20H2,2H3/t23-,24-,25-/m0/s1. The second kappa shape index (κ2) is 13.2. The van der Waals surface area contributed by atoms with Gasteiger partial charge < -0.3 is 19.3 Å². The van der Waals surface area contributed by atoms with Gasteiger partial charge in [-0.2, -0.15) is 15.2 Å². The summed E-state index contributed by atoms with van der Waals surface area (Å²) in [7, 11) is 1.87. The van der Waals surface area contributed by atoms with Crippen LogP contribution in [0.15, 0.2) is 54.9 Å². The van der Waals surface area contributed by atoms with Crippen molar-refractivity contribution >= 4 is 45.0 Å². The number of carbonyl (C=O) groups is 1. The third-order valence-electron chi connectivity index (χ3n) is 9.61. The number of aromatic nitrogens is 2. The lowest BCUT2D eigenvalue weighted by Gasteiger charge is -2.41. The Hall–Kier alpha value is -4.53. The molecular formula is C36H35ClF2N6O3. The molecule has 48 heavy (non-hydrogen) atoms. The number of ether oxygens (including phenoxy) is 2. The molecule has 2 saturated heterocycles. The van der Waals surface area contributed by atoms with Crippen molar-refractivity contribution in [2.24, 2.45) is 0 Å². The van der Waals surface area contributed by atoms with Crippen molar-refractivity contribution in [1.29, 1.82) is 5.26 Å². The van der Waals surface area contributed by atoms with Crippen molar-refractivity contribution in [3.05, 3.63) is 65.5 Å². The average Bonchev–Trinajstić information content (AvgIpc) is 3.42. The Bertz CT molecular complexity index is 1960. The lowest BCUT2D eigenvalue weighted by Crippen LogP contribution is -2.55. The van der Waals surface area contributed by atoms with Crippen LogP contribution in [0.2, 0.25) is 5.02 Å². The summed E-state index contributed by atoms with van der Waals surface area (Å²) in [5.41, 5.74) is 3.50. The molecule has 0 aliphatic carbocycles. The van der Waals surface area contributed by atoms with Gasteiger partial charge in [-0.15, -0.1) is 0 Å². The van der Waals surface area contributed by atoms with Gasteiger partial charge in [0, 0.05) is 48.2 Å². The van der Waals surface area contributed by atoms with Crippen molar-refractivity contribution in [3.63, 3.8) is 0 Å². The van der Waals surface area contributed by atoms with Crippen molar-refractivity contribution in [3.8, 4) is 29.0 Å². The third-order valence-corrected chi connectivity index (χ3v) is 9.93. The molecular weight excluding hydrogens is 638 g/mol. The Kier molecular flexibility index (Phi) is 8.79. The summed E-state index contributed by atoms with van der Waals surface area (Å²) >= 11 is 6.79. The molecule has 7 rings (SSSR count). The van der Waals surface area contributed by atoms with Gasteiger partial charge in [0.2, 0.25) is 0 Å². The van der Waals surface area contributed by atoms with Crippen LogP contribution in [0.25, 0.3) is 32.8 Å². The largest absolute Gasteiger partial charge is 0.492 e. The van der Waals surface area contributed by atoms with Crippen LogP contribution < -0.4 is 14.4 Å². The van der Waals surface area contributed by atoms with Crippen LogP contribution in [0.1, 0.15) is 24.8 Å². The maximum absolute atomic E-state index is 14.2. The molecule has 3 atom stereocenters. The van der Waals surface area contributed by atoms with Gasteiger partial charge in [-0.25, -0.2) is 8.78 Å². The SMILES string of the molecule is C=C(F)C(=O)N1CCN(c2nc(OC[C@@H]3C[C@H](F)CN3C)nc3cc(-c4cccc5cccc(Cl)c45)c4c(c23)OCCC4)C[C@@H]1CC#N. The fourth-order valence-corrected chi connectivity index (χ4v) is 7.56.